The minimum absolute atomic E-state index is 0.0253. The first-order chi connectivity index (χ1) is 14.5. The number of ether oxygens (including phenoxy) is 2. The van der Waals surface area contributed by atoms with E-state index >= 15 is 0 Å². The molecule has 0 aliphatic carbocycles. The smallest absolute Gasteiger partial charge is 0.263 e. The summed E-state index contributed by atoms with van der Waals surface area (Å²) < 4.78 is 10.6. The molecule has 0 aromatic heterocycles. The zero-order valence-electron chi connectivity index (χ0n) is 16.5. The van der Waals surface area contributed by atoms with Crippen molar-refractivity contribution in [1.82, 2.24) is 0 Å². The van der Waals surface area contributed by atoms with E-state index in [1.54, 1.807) is 54.6 Å². The summed E-state index contributed by atoms with van der Waals surface area (Å²) in [5.41, 5.74) is 1.58. The molecule has 5 nitrogen and oxygen atoms in total. The van der Waals surface area contributed by atoms with Crippen LogP contribution < -0.4 is 14.8 Å². The van der Waals surface area contributed by atoms with E-state index in [4.69, 9.17) is 21.1 Å². The van der Waals surface area contributed by atoms with Crippen molar-refractivity contribution in [1.29, 1.82) is 0 Å². The van der Waals surface area contributed by atoms with E-state index in [1.807, 2.05) is 12.1 Å². The number of benzene rings is 3. The van der Waals surface area contributed by atoms with Crippen molar-refractivity contribution in [3.05, 3.63) is 82.9 Å². The van der Waals surface area contributed by atoms with Gasteiger partial charge in [0.05, 0.1) is 20.0 Å². The van der Waals surface area contributed by atoms with E-state index in [2.05, 4.69) is 5.32 Å². The Balaban J connectivity index is 1.63. The Morgan fingerprint density at radius 1 is 0.900 bits per heavy atom. The fourth-order valence-electron chi connectivity index (χ4n) is 2.77. The highest BCUT2D eigenvalue weighted by Gasteiger charge is 2.18. The Kier molecular flexibility index (Phi) is 7.38. The van der Waals surface area contributed by atoms with E-state index in [0.29, 0.717) is 39.1 Å². The molecule has 0 fully saturated rings. The monoisotopic (exact) mass is 441 g/mol. The lowest BCUT2D eigenvalue weighted by Gasteiger charge is -2.13. The van der Waals surface area contributed by atoms with Gasteiger partial charge in [-0.2, -0.15) is 0 Å². The largest absolute Gasteiger partial charge is 0.496 e. The molecule has 3 rings (SSSR count). The summed E-state index contributed by atoms with van der Waals surface area (Å²) in [6.45, 7) is 0. The zero-order chi connectivity index (χ0) is 21.5. The number of hydrogen-bond donors (Lipinski definition) is 1. The van der Waals surface area contributed by atoms with Gasteiger partial charge < -0.3 is 14.8 Å². The number of nitrogens with one attached hydrogen (secondary N) is 1. The molecular formula is C23H20ClNO4S. The molecule has 154 valence electrons. The van der Waals surface area contributed by atoms with Gasteiger partial charge in [0.2, 0.25) is 0 Å². The van der Waals surface area contributed by atoms with Crippen LogP contribution in [-0.2, 0) is 0 Å². The second kappa shape index (κ2) is 10.2. The second-order valence-corrected chi connectivity index (χ2v) is 7.72. The maximum atomic E-state index is 12.7. The molecule has 0 saturated carbocycles. The van der Waals surface area contributed by atoms with Gasteiger partial charge in [0, 0.05) is 21.2 Å². The van der Waals surface area contributed by atoms with Crippen LogP contribution in [0.5, 0.6) is 11.5 Å². The van der Waals surface area contributed by atoms with E-state index in [0.717, 1.165) is 4.90 Å². The lowest BCUT2D eigenvalue weighted by Crippen LogP contribution is -2.14. The van der Waals surface area contributed by atoms with Crippen molar-refractivity contribution < 1.29 is 19.1 Å². The van der Waals surface area contributed by atoms with Gasteiger partial charge in [-0.25, -0.2) is 0 Å². The summed E-state index contributed by atoms with van der Waals surface area (Å²) in [5.74, 6) is 0.866. The number of Topliss-reactive ketones (excluding diaryl/α,β-unsaturated/α-hetero) is 1. The van der Waals surface area contributed by atoms with Crippen LogP contribution in [-0.4, -0.2) is 31.7 Å². The molecule has 0 heterocycles. The standard InChI is InChI=1S/C23H20ClNO4S/c1-28-20-4-3-5-21(29-2)22(20)23(27)25-17-10-12-18(13-11-17)30-14-19(26)15-6-8-16(24)9-7-15/h3-13H,14H2,1-2H3,(H,25,27). The predicted octanol–water partition coefficient (Wildman–Crippen LogP) is 5.58. The first-order valence-electron chi connectivity index (χ1n) is 9.06. The van der Waals surface area contributed by atoms with E-state index in [-0.39, 0.29) is 11.7 Å². The summed E-state index contributed by atoms with van der Waals surface area (Å²) in [4.78, 5) is 25.9. The number of rotatable bonds is 8. The third kappa shape index (κ3) is 5.34. The van der Waals surface area contributed by atoms with Crippen molar-refractivity contribution in [2.75, 3.05) is 25.3 Å². The normalized spacial score (nSPS) is 10.4. The fraction of sp³-hybridized carbons (Fsp3) is 0.130. The van der Waals surface area contributed by atoms with Gasteiger partial charge >= 0.3 is 0 Å². The summed E-state index contributed by atoms with van der Waals surface area (Å²) in [6, 6.07) is 19.3. The van der Waals surface area contributed by atoms with Gasteiger partial charge in [-0.1, -0.05) is 17.7 Å². The van der Waals surface area contributed by atoms with Gasteiger partial charge in [-0.05, 0) is 60.7 Å². The van der Waals surface area contributed by atoms with E-state index in [9.17, 15) is 9.59 Å². The molecule has 3 aromatic rings. The molecule has 0 aliphatic heterocycles. The van der Waals surface area contributed by atoms with Crippen LogP contribution >= 0.6 is 23.4 Å². The highest BCUT2D eigenvalue weighted by Crippen LogP contribution is 2.29. The maximum absolute atomic E-state index is 12.7. The van der Waals surface area contributed by atoms with Gasteiger partial charge in [-0.15, -0.1) is 11.8 Å². The van der Waals surface area contributed by atoms with Crippen LogP contribution in [0.4, 0.5) is 5.69 Å². The number of thioether (sulfide) groups is 1. The van der Waals surface area contributed by atoms with Crippen molar-refractivity contribution >= 4 is 40.7 Å². The summed E-state index contributed by atoms with van der Waals surface area (Å²) in [5, 5.41) is 3.44. The Labute approximate surface area is 184 Å². The number of amides is 1. The molecule has 0 aliphatic rings. The van der Waals surface area contributed by atoms with E-state index < -0.39 is 0 Å². The average Bonchev–Trinajstić information content (AvgIpc) is 2.78. The quantitative estimate of drug-likeness (QED) is 0.365. The average molecular weight is 442 g/mol. The number of carbonyl (C=O) groups is 2. The number of carbonyl (C=O) groups excluding carboxylic acids is 2. The SMILES string of the molecule is COc1cccc(OC)c1C(=O)Nc1ccc(SCC(=O)c2ccc(Cl)cc2)cc1. The fourth-order valence-corrected chi connectivity index (χ4v) is 3.69. The first-order valence-corrected chi connectivity index (χ1v) is 10.4. The third-order valence-corrected chi connectivity index (χ3v) is 5.57. The van der Waals surface area contributed by atoms with E-state index in [1.165, 1.54) is 26.0 Å². The van der Waals surface area contributed by atoms with Gasteiger partial charge in [0.1, 0.15) is 17.1 Å². The van der Waals surface area contributed by atoms with Gasteiger partial charge in [0.15, 0.2) is 5.78 Å². The molecule has 30 heavy (non-hydrogen) atoms. The van der Waals surface area contributed by atoms with Crippen LogP contribution in [0.3, 0.4) is 0 Å². The summed E-state index contributed by atoms with van der Waals surface area (Å²) in [6.07, 6.45) is 0. The van der Waals surface area contributed by atoms with Crippen LogP contribution in [0.15, 0.2) is 71.6 Å². The number of methoxy groups -OCH3 is 2. The molecule has 3 aromatic carbocycles. The molecule has 1 N–H and O–H groups in total. The highest BCUT2D eigenvalue weighted by molar-refractivity contribution is 8.00. The maximum Gasteiger partial charge on any atom is 0.263 e. The summed E-state index contributed by atoms with van der Waals surface area (Å²) >= 11 is 7.28. The molecule has 0 unspecified atom stereocenters. The zero-order valence-corrected chi connectivity index (χ0v) is 18.0. The second-order valence-electron chi connectivity index (χ2n) is 6.23. The van der Waals surface area contributed by atoms with Crippen molar-refractivity contribution in [2.45, 2.75) is 4.90 Å². The van der Waals surface area contributed by atoms with Crippen molar-refractivity contribution in [2.24, 2.45) is 0 Å². The van der Waals surface area contributed by atoms with Crippen molar-refractivity contribution in [3.8, 4) is 11.5 Å². The van der Waals surface area contributed by atoms with Crippen LogP contribution in [0, 0.1) is 0 Å². The number of halogens is 1. The molecule has 0 spiro atoms. The van der Waals surface area contributed by atoms with Crippen molar-refractivity contribution in [3.63, 3.8) is 0 Å². The predicted molar refractivity (Wildman–Crippen MR) is 120 cm³/mol. The molecular weight excluding hydrogens is 422 g/mol. The van der Waals surface area contributed by atoms with Gasteiger partial charge in [0.25, 0.3) is 5.91 Å². The number of anilines is 1. The highest BCUT2D eigenvalue weighted by atomic mass is 35.5. The van der Waals surface area contributed by atoms with Crippen LogP contribution in [0.2, 0.25) is 5.02 Å². The number of hydrogen-bond acceptors (Lipinski definition) is 5. The topological polar surface area (TPSA) is 64.6 Å². The Morgan fingerprint density at radius 3 is 2.07 bits per heavy atom. The third-order valence-electron chi connectivity index (χ3n) is 4.30. The molecule has 0 saturated heterocycles. The molecule has 0 bridgehead atoms. The lowest BCUT2D eigenvalue weighted by molar-refractivity contribution is 0.101. The lowest BCUT2D eigenvalue weighted by atomic mass is 10.1. The minimum atomic E-state index is -0.331. The molecule has 0 atom stereocenters. The van der Waals surface area contributed by atoms with Crippen LogP contribution in [0.1, 0.15) is 20.7 Å². The summed E-state index contributed by atoms with van der Waals surface area (Å²) in [7, 11) is 3.01. The number of ketones is 1. The molecule has 7 heteroatoms. The Bertz CT molecular complexity index is 1010. The molecule has 0 radical (unpaired) electrons. The Morgan fingerprint density at radius 2 is 1.50 bits per heavy atom. The minimum Gasteiger partial charge on any atom is -0.496 e. The Hall–Kier alpha value is -2.96. The van der Waals surface area contributed by atoms with Gasteiger partial charge in [-0.3, -0.25) is 9.59 Å². The first kappa shape index (κ1) is 21.7. The molecule has 1 amide bonds. The van der Waals surface area contributed by atoms with Crippen LogP contribution in [0.25, 0.3) is 0 Å².